The molecule has 11 nitrogen and oxygen atoms in total. The van der Waals surface area contributed by atoms with Gasteiger partial charge in [0.05, 0.1) is 11.7 Å². The molecule has 7 N–H and O–H groups in total. The Balaban J connectivity index is 1.84. The normalized spacial score (nSPS) is 30.7. The molecule has 1 aromatic rings. The zero-order chi connectivity index (χ0) is 29.2. The van der Waals surface area contributed by atoms with Crippen LogP contribution in [0.2, 0.25) is 0 Å². The molecule has 0 bridgehead atoms. The SMILES string of the molecule is CN(C)[C@H]1C(O)C(C(N)=O)C(=O)[C@]2(O)C(=O)C3=C(O)c4c(O)ccc(/C=C/C(=O)NC(C)(C)C)c4C[C@@H]3C[C@H]12. The van der Waals surface area contributed by atoms with Gasteiger partial charge in [0.25, 0.3) is 0 Å². The van der Waals surface area contributed by atoms with Gasteiger partial charge in [-0.3, -0.25) is 19.2 Å². The van der Waals surface area contributed by atoms with Crippen molar-refractivity contribution in [2.24, 2.45) is 23.5 Å². The van der Waals surface area contributed by atoms with Gasteiger partial charge >= 0.3 is 0 Å². The Kier molecular flexibility index (Phi) is 6.99. The van der Waals surface area contributed by atoms with Crippen LogP contribution in [-0.4, -0.2) is 86.1 Å². The third-order valence-corrected chi connectivity index (χ3v) is 7.92. The molecule has 2 fully saturated rings. The first-order valence-electron chi connectivity index (χ1n) is 12.7. The number of amides is 2. The van der Waals surface area contributed by atoms with Crippen LogP contribution in [0.15, 0.2) is 23.8 Å². The number of hydrogen-bond donors (Lipinski definition) is 6. The molecule has 0 heterocycles. The predicted molar refractivity (Wildman–Crippen MR) is 141 cm³/mol. The number of rotatable bonds is 4. The lowest BCUT2D eigenvalue weighted by molar-refractivity contribution is -0.184. The number of fused-ring (bicyclic) bond motifs is 3. The highest BCUT2D eigenvalue weighted by molar-refractivity contribution is 6.25. The van der Waals surface area contributed by atoms with E-state index in [4.69, 9.17) is 5.73 Å². The van der Waals surface area contributed by atoms with E-state index >= 15 is 0 Å². The summed E-state index contributed by atoms with van der Waals surface area (Å²) >= 11 is 0. The monoisotopic (exact) mass is 541 g/mol. The maximum Gasteiger partial charge on any atom is 0.244 e. The fourth-order valence-electron chi connectivity index (χ4n) is 6.36. The summed E-state index contributed by atoms with van der Waals surface area (Å²) in [6.07, 6.45) is 1.49. The number of hydrogen-bond acceptors (Lipinski definition) is 9. The number of benzene rings is 1. The maximum atomic E-state index is 13.8. The summed E-state index contributed by atoms with van der Waals surface area (Å²) in [7, 11) is 3.18. The highest BCUT2D eigenvalue weighted by Gasteiger charge is 2.67. The van der Waals surface area contributed by atoms with Gasteiger partial charge in [0.15, 0.2) is 11.4 Å². The number of phenols is 1. The number of phenolic OH excluding ortho intramolecular Hbond substituents is 1. The van der Waals surface area contributed by atoms with Gasteiger partial charge in [-0.2, -0.15) is 0 Å². The van der Waals surface area contributed by atoms with Crippen LogP contribution in [0.4, 0.5) is 0 Å². The van der Waals surface area contributed by atoms with E-state index < -0.39 is 64.3 Å². The highest BCUT2D eigenvalue weighted by atomic mass is 16.3. The summed E-state index contributed by atoms with van der Waals surface area (Å²) < 4.78 is 0. The molecular weight excluding hydrogens is 506 g/mol. The molecule has 3 aliphatic carbocycles. The van der Waals surface area contributed by atoms with Gasteiger partial charge in [-0.05, 0) is 76.9 Å². The standard InChI is InChI=1S/C28H35N3O8/c1-27(2,3)30-17(33)9-7-12-6-8-16(32)19-14(12)10-13-11-15-21(31(4)5)23(35)20(26(29)38)25(37)28(15,39)24(36)18(13)22(19)34/h6-9,13,15,20-21,23,32,34-35,39H,10-11H2,1-5H3,(H2,29,38)(H,30,33)/b9-7+/t13-,15-,20?,21-,23?,28-/m1/s1. The summed E-state index contributed by atoms with van der Waals surface area (Å²) in [5.74, 6) is -8.29. The van der Waals surface area contributed by atoms with E-state index in [0.29, 0.717) is 11.1 Å². The fourth-order valence-corrected chi connectivity index (χ4v) is 6.36. The Hall–Kier alpha value is -3.54. The Morgan fingerprint density at radius 2 is 1.82 bits per heavy atom. The molecular formula is C28H35N3O8. The van der Waals surface area contributed by atoms with E-state index in [1.54, 1.807) is 26.2 Å². The van der Waals surface area contributed by atoms with Crippen molar-refractivity contribution in [2.75, 3.05) is 14.1 Å². The van der Waals surface area contributed by atoms with E-state index in [0.717, 1.165) is 0 Å². The first-order valence-corrected chi connectivity index (χ1v) is 12.7. The minimum absolute atomic E-state index is 0.0154. The van der Waals surface area contributed by atoms with E-state index in [1.165, 1.54) is 17.0 Å². The molecule has 210 valence electrons. The number of carbonyl (C=O) groups excluding carboxylic acids is 4. The first-order chi connectivity index (χ1) is 18.0. The summed E-state index contributed by atoms with van der Waals surface area (Å²) in [6, 6.07) is 1.93. The number of nitrogens with zero attached hydrogens (tertiary/aromatic N) is 1. The number of nitrogens with two attached hydrogens (primary N) is 1. The van der Waals surface area contributed by atoms with E-state index in [2.05, 4.69) is 5.32 Å². The largest absolute Gasteiger partial charge is 0.507 e. The van der Waals surface area contributed by atoms with Crippen molar-refractivity contribution in [1.82, 2.24) is 10.2 Å². The van der Waals surface area contributed by atoms with Gasteiger partial charge in [-0.1, -0.05) is 6.07 Å². The van der Waals surface area contributed by atoms with Crippen molar-refractivity contribution < 1.29 is 39.6 Å². The third kappa shape index (κ3) is 4.54. The molecule has 6 atom stereocenters. The van der Waals surface area contributed by atoms with Gasteiger partial charge in [0, 0.05) is 29.1 Å². The topological polar surface area (TPSA) is 190 Å². The average molecular weight is 542 g/mol. The maximum absolute atomic E-state index is 13.8. The minimum atomic E-state index is -2.71. The molecule has 11 heteroatoms. The van der Waals surface area contributed by atoms with Crippen molar-refractivity contribution in [1.29, 1.82) is 0 Å². The lowest BCUT2D eigenvalue weighted by atomic mass is 9.54. The number of aliphatic hydroxyl groups is 3. The number of aliphatic hydroxyl groups excluding tert-OH is 2. The molecule has 2 unspecified atom stereocenters. The second kappa shape index (κ2) is 9.58. The zero-order valence-corrected chi connectivity index (χ0v) is 22.6. The average Bonchev–Trinajstić information content (AvgIpc) is 2.79. The van der Waals surface area contributed by atoms with E-state index in [9.17, 15) is 39.6 Å². The number of aromatic hydroxyl groups is 1. The fraction of sp³-hybridized carbons (Fsp3) is 0.500. The molecule has 2 amide bonds. The number of primary amides is 1. The molecule has 39 heavy (non-hydrogen) atoms. The Morgan fingerprint density at radius 1 is 1.18 bits per heavy atom. The summed E-state index contributed by atoms with van der Waals surface area (Å²) in [5.41, 5.74) is 2.98. The molecule has 2 saturated carbocycles. The molecule has 4 rings (SSSR count). The third-order valence-electron chi connectivity index (χ3n) is 7.92. The number of nitrogens with one attached hydrogen (secondary N) is 1. The van der Waals surface area contributed by atoms with Crippen LogP contribution in [0.5, 0.6) is 5.75 Å². The van der Waals surface area contributed by atoms with Gasteiger partial charge in [0.1, 0.15) is 17.4 Å². The minimum Gasteiger partial charge on any atom is -0.507 e. The van der Waals surface area contributed by atoms with Gasteiger partial charge in [-0.15, -0.1) is 0 Å². The quantitative estimate of drug-likeness (QED) is 0.226. The molecule has 3 aliphatic rings. The number of ketones is 2. The van der Waals surface area contributed by atoms with Crippen LogP contribution in [-0.2, 0) is 25.6 Å². The molecule has 0 aliphatic heterocycles. The Morgan fingerprint density at radius 3 is 2.38 bits per heavy atom. The van der Waals surface area contributed by atoms with Gasteiger partial charge in [0.2, 0.25) is 17.6 Å². The second-order valence-corrected chi connectivity index (χ2v) is 11.9. The molecule has 1 aromatic carbocycles. The van der Waals surface area contributed by atoms with Crippen molar-refractivity contribution in [2.45, 2.75) is 56.9 Å². The molecule has 0 saturated heterocycles. The lowest BCUT2D eigenvalue weighted by Gasteiger charge is -2.53. The molecule has 0 aromatic heterocycles. The lowest BCUT2D eigenvalue weighted by Crippen LogP contribution is -2.73. The summed E-state index contributed by atoms with van der Waals surface area (Å²) in [6.45, 7) is 5.52. The first kappa shape index (κ1) is 28.5. The van der Waals surface area contributed by atoms with Gasteiger partial charge < -0.3 is 36.4 Å². The zero-order valence-electron chi connectivity index (χ0n) is 22.6. The number of likely N-dealkylation sites (N-methyl/N-ethyl adjacent to an activating group) is 1. The van der Waals surface area contributed by atoms with Crippen LogP contribution in [0.1, 0.15) is 43.9 Å². The second-order valence-electron chi connectivity index (χ2n) is 11.9. The Labute approximate surface area is 226 Å². The highest BCUT2D eigenvalue weighted by Crippen LogP contribution is 2.52. The Bertz CT molecular complexity index is 1320. The molecule has 0 radical (unpaired) electrons. The van der Waals surface area contributed by atoms with Crippen molar-refractivity contribution >= 4 is 35.2 Å². The smallest absolute Gasteiger partial charge is 0.244 e. The summed E-state index contributed by atoms with van der Waals surface area (Å²) in [4.78, 5) is 53.2. The van der Waals surface area contributed by atoms with Crippen LogP contribution < -0.4 is 11.1 Å². The van der Waals surface area contributed by atoms with E-state index in [-0.39, 0.29) is 35.6 Å². The summed E-state index contributed by atoms with van der Waals surface area (Å²) in [5, 5.41) is 47.3. The number of carbonyl (C=O) groups is 4. The van der Waals surface area contributed by atoms with Crippen molar-refractivity contribution in [3.63, 3.8) is 0 Å². The van der Waals surface area contributed by atoms with Crippen LogP contribution in [0.3, 0.4) is 0 Å². The van der Waals surface area contributed by atoms with Gasteiger partial charge in [-0.25, -0.2) is 0 Å². The molecule has 0 spiro atoms. The van der Waals surface area contributed by atoms with Crippen molar-refractivity contribution in [3.8, 4) is 5.75 Å². The van der Waals surface area contributed by atoms with Crippen LogP contribution in [0.25, 0.3) is 11.8 Å². The number of Topliss-reactive ketones (excluding diaryl/α,β-unsaturated/α-hetero) is 2. The van der Waals surface area contributed by atoms with E-state index in [1.807, 2.05) is 20.8 Å². The van der Waals surface area contributed by atoms with Crippen LogP contribution in [0, 0.1) is 17.8 Å². The van der Waals surface area contributed by atoms with Crippen LogP contribution >= 0.6 is 0 Å². The van der Waals surface area contributed by atoms with Crippen molar-refractivity contribution in [3.05, 3.63) is 40.5 Å². The predicted octanol–water partition coefficient (Wildman–Crippen LogP) is 0.0569.